The lowest BCUT2D eigenvalue weighted by molar-refractivity contribution is -0.0627. The Morgan fingerprint density at radius 2 is 1.90 bits per heavy atom. The lowest BCUT2D eigenvalue weighted by Gasteiger charge is -2.52. The molecule has 3 heteroatoms. The maximum Gasteiger partial charge on any atom is 0.0710 e. The molecular weight excluding hydrogens is 248 g/mol. The minimum Gasteiger partial charge on any atom is -0.371 e. The van der Waals surface area contributed by atoms with Crippen LogP contribution in [0.1, 0.15) is 65.7 Å². The number of rotatable bonds is 2. The van der Waals surface area contributed by atoms with Crippen molar-refractivity contribution < 1.29 is 4.74 Å². The predicted octanol–water partition coefficient (Wildman–Crippen LogP) is 2.94. The van der Waals surface area contributed by atoms with Gasteiger partial charge >= 0.3 is 0 Å². The number of hydrogen-bond acceptors (Lipinski definition) is 3. The number of nitrogens with one attached hydrogen (secondary N) is 1. The Hall–Kier alpha value is -0.120. The Kier molecular flexibility index (Phi) is 4.13. The lowest BCUT2D eigenvalue weighted by Crippen LogP contribution is -2.65. The van der Waals surface area contributed by atoms with Crippen LogP contribution in [0.15, 0.2) is 0 Å². The van der Waals surface area contributed by atoms with Gasteiger partial charge in [-0.3, -0.25) is 4.90 Å². The molecule has 1 saturated carbocycles. The van der Waals surface area contributed by atoms with Gasteiger partial charge in [-0.15, -0.1) is 0 Å². The molecular formula is C17H32N2O. The van der Waals surface area contributed by atoms with Gasteiger partial charge in [-0.25, -0.2) is 0 Å². The molecule has 116 valence electrons. The number of nitrogens with zero attached hydrogens (tertiary/aromatic N) is 1. The second kappa shape index (κ2) is 5.58. The standard InChI is InChI=1S/C17H32N2O/c1-14-11-19(12-15-7-10-16(2,3)20-15)17(13-18-14)8-5-4-6-9-17/h14-15,18H,4-13H2,1-3H3. The molecule has 0 aromatic rings. The van der Waals surface area contributed by atoms with Gasteiger partial charge in [0.1, 0.15) is 0 Å². The van der Waals surface area contributed by atoms with Crippen LogP contribution in [0.4, 0.5) is 0 Å². The van der Waals surface area contributed by atoms with E-state index in [2.05, 4.69) is 31.0 Å². The molecule has 3 rings (SSSR count). The molecule has 2 saturated heterocycles. The van der Waals surface area contributed by atoms with Crippen LogP contribution < -0.4 is 5.32 Å². The van der Waals surface area contributed by atoms with E-state index in [1.54, 1.807) is 0 Å². The summed E-state index contributed by atoms with van der Waals surface area (Å²) in [5.41, 5.74) is 0.533. The van der Waals surface area contributed by atoms with Gasteiger partial charge in [0.05, 0.1) is 11.7 Å². The van der Waals surface area contributed by atoms with Crippen molar-refractivity contribution in [3.63, 3.8) is 0 Å². The van der Waals surface area contributed by atoms with E-state index in [9.17, 15) is 0 Å². The summed E-state index contributed by atoms with van der Waals surface area (Å²) < 4.78 is 6.26. The van der Waals surface area contributed by atoms with Crippen LogP contribution in [0, 0.1) is 0 Å². The van der Waals surface area contributed by atoms with E-state index >= 15 is 0 Å². The topological polar surface area (TPSA) is 24.5 Å². The summed E-state index contributed by atoms with van der Waals surface area (Å²) in [5.74, 6) is 0. The molecule has 0 bridgehead atoms. The molecule has 1 N–H and O–H groups in total. The molecule has 3 nitrogen and oxygen atoms in total. The second-order valence-electron chi connectivity index (χ2n) is 8.01. The monoisotopic (exact) mass is 280 g/mol. The third kappa shape index (κ3) is 3.05. The molecule has 0 radical (unpaired) electrons. The van der Waals surface area contributed by atoms with Crippen LogP contribution in [0.25, 0.3) is 0 Å². The summed E-state index contributed by atoms with van der Waals surface area (Å²) in [6.07, 6.45) is 9.90. The molecule has 3 aliphatic rings. The van der Waals surface area contributed by atoms with Crippen molar-refractivity contribution >= 4 is 0 Å². The molecule has 0 aromatic heterocycles. The van der Waals surface area contributed by atoms with E-state index in [0.717, 1.165) is 6.54 Å². The van der Waals surface area contributed by atoms with Gasteiger partial charge in [-0.2, -0.15) is 0 Å². The van der Waals surface area contributed by atoms with Crippen LogP contribution >= 0.6 is 0 Å². The van der Waals surface area contributed by atoms with Gasteiger partial charge in [0, 0.05) is 31.2 Å². The van der Waals surface area contributed by atoms with E-state index in [0.29, 0.717) is 17.7 Å². The third-order valence-electron chi connectivity index (χ3n) is 5.71. The highest BCUT2D eigenvalue weighted by Gasteiger charge is 2.43. The van der Waals surface area contributed by atoms with Crippen molar-refractivity contribution in [2.45, 2.75) is 89.0 Å². The van der Waals surface area contributed by atoms with E-state index in [1.807, 2.05) is 0 Å². The van der Waals surface area contributed by atoms with Crippen LogP contribution in [-0.2, 0) is 4.74 Å². The molecule has 0 amide bonds. The lowest BCUT2D eigenvalue weighted by atomic mass is 9.78. The van der Waals surface area contributed by atoms with Crippen molar-refractivity contribution in [1.29, 1.82) is 0 Å². The maximum atomic E-state index is 6.26. The normalized spacial score (nSPS) is 37.4. The largest absolute Gasteiger partial charge is 0.371 e. The molecule has 2 unspecified atom stereocenters. The minimum atomic E-state index is 0.101. The minimum absolute atomic E-state index is 0.101. The fraction of sp³-hybridized carbons (Fsp3) is 1.00. The smallest absolute Gasteiger partial charge is 0.0710 e. The first-order valence-electron chi connectivity index (χ1n) is 8.65. The molecule has 1 spiro atoms. The molecule has 2 aliphatic heterocycles. The molecule has 0 aromatic carbocycles. The highest BCUT2D eigenvalue weighted by Crippen LogP contribution is 2.37. The first kappa shape index (κ1) is 14.8. The van der Waals surface area contributed by atoms with Gasteiger partial charge in [0.15, 0.2) is 0 Å². The highest BCUT2D eigenvalue weighted by atomic mass is 16.5. The van der Waals surface area contributed by atoms with E-state index in [-0.39, 0.29) is 5.60 Å². The number of piperazine rings is 1. The van der Waals surface area contributed by atoms with Crippen molar-refractivity contribution in [2.24, 2.45) is 0 Å². The van der Waals surface area contributed by atoms with Gasteiger partial charge in [-0.05, 0) is 46.5 Å². The van der Waals surface area contributed by atoms with Crippen molar-refractivity contribution in [3.8, 4) is 0 Å². The average molecular weight is 280 g/mol. The van der Waals surface area contributed by atoms with Gasteiger partial charge in [-0.1, -0.05) is 19.3 Å². The summed E-state index contributed by atoms with van der Waals surface area (Å²) in [6.45, 7) is 10.3. The van der Waals surface area contributed by atoms with Crippen LogP contribution in [0.3, 0.4) is 0 Å². The Labute approximate surface area is 124 Å². The van der Waals surface area contributed by atoms with Gasteiger partial charge in [0.25, 0.3) is 0 Å². The average Bonchev–Trinajstić information content (AvgIpc) is 2.75. The summed E-state index contributed by atoms with van der Waals surface area (Å²) >= 11 is 0. The summed E-state index contributed by atoms with van der Waals surface area (Å²) in [7, 11) is 0. The quantitative estimate of drug-likeness (QED) is 0.841. The molecule has 2 atom stereocenters. The van der Waals surface area contributed by atoms with Crippen LogP contribution in [-0.4, -0.2) is 47.8 Å². The maximum absolute atomic E-state index is 6.26. The fourth-order valence-electron chi connectivity index (χ4n) is 4.49. The Morgan fingerprint density at radius 1 is 1.15 bits per heavy atom. The Bertz CT molecular complexity index is 336. The van der Waals surface area contributed by atoms with Crippen LogP contribution in [0.2, 0.25) is 0 Å². The van der Waals surface area contributed by atoms with E-state index in [1.165, 1.54) is 58.0 Å². The summed E-state index contributed by atoms with van der Waals surface area (Å²) in [5, 5.41) is 3.73. The zero-order chi connectivity index (χ0) is 14.2. The predicted molar refractivity (Wildman–Crippen MR) is 83.0 cm³/mol. The third-order valence-corrected chi connectivity index (χ3v) is 5.71. The summed E-state index contributed by atoms with van der Waals surface area (Å²) in [4.78, 5) is 2.79. The second-order valence-corrected chi connectivity index (χ2v) is 8.01. The van der Waals surface area contributed by atoms with Crippen molar-refractivity contribution in [1.82, 2.24) is 10.2 Å². The SMILES string of the molecule is CC1CN(CC2CCC(C)(C)O2)C2(CCCCC2)CN1. The zero-order valence-electron chi connectivity index (χ0n) is 13.6. The first-order chi connectivity index (χ1) is 9.49. The fourth-order valence-corrected chi connectivity index (χ4v) is 4.49. The van der Waals surface area contributed by atoms with E-state index < -0.39 is 0 Å². The molecule has 1 aliphatic carbocycles. The number of hydrogen-bond donors (Lipinski definition) is 1. The molecule has 2 heterocycles. The number of ether oxygens (including phenoxy) is 1. The Morgan fingerprint density at radius 3 is 2.55 bits per heavy atom. The van der Waals surface area contributed by atoms with Crippen molar-refractivity contribution in [2.75, 3.05) is 19.6 Å². The first-order valence-corrected chi connectivity index (χ1v) is 8.65. The molecule has 3 fully saturated rings. The van der Waals surface area contributed by atoms with Gasteiger partial charge < -0.3 is 10.1 Å². The Balaban J connectivity index is 1.67. The van der Waals surface area contributed by atoms with Crippen LogP contribution in [0.5, 0.6) is 0 Å². The van der Waals surface area contributed by atoms with Crippen molar-refractivity contribution in [3.05, 3.63) is 0 Å². The zero-order valence-corrected chi connectivity index (χ0v) is 13.6. The van der Waals surface area contributed by atoms with Gasteiger partial charge in [0.2, 0.25) is 0 Å². The summed E-state index contributed by atoms with van der Waals surface area (Å²) in [6, 6.07) is 0.622. The highest BCUT2D eigenvalue weighted by molar-refractivity contribution is 5.01. The molecule has 20 heavy (non-hydrogen) atoms. The van der Waals surface area contributed by atoms with E-state index in [4.69, 9.17) is 4.74 Å².